The summed E-state index contributed by atoms with van der Waals surface area (Å²) >= 11 is 0. The third kappa shape index (κ3) is 2.19. The second kappa shape index (κ2) is 4.70. The molecule has 0 saturated carbocycles. The molecule has 0 bridgehead atoms. The minimum Gasteiger partial charge on any atom is -0.347 e. The lowest BCUT2D eigenvalue weighted by molar-refractivity contribution is -0.0899. The Bertz CT molecular complexity index is 395. The average molecular weight is 240 g/mol. The fraction of sp³-hybridized carbons (Fsp3) is 0.818. The number of nitrogens with zero attached hydrogens (tertiary/aromatic N) is 3. The maximum absolute atomic E-state index is 13.4. The first-order valence-electron chi connectivity index (χ1n) is 6.24. The normalized spacial score (nSPS) is 28.3. The predicted molar refractivity (Wildman–Crippen MR) is 59.1 cm³/mol. The van der Waals surface area contributed by atoms with Crippen molar-refractivity contribution in [2.45, 2.75) is 51.2 Å². The van der Waals surface area contributed by atoms with E-state index in [2.05, 4.69) is 20.1 Å². The van der Waals surface area contributed by atoms with Crippen LogP contribution in [0, 0.1) is 0 Å². The number of alkyl halides is 1. The summed E-state index contributed by atoms with van der Waals surface area (Å²) in [5, 5.41) is 11.4. The number of rotatable bonds is 3. The summed E-state index contributed by atoms with van der Waals surface area (Å²) in [6.45, 7) is 2.08. The SMILES string of the molecule is FC1OCCCC1NCc1nnc2n1CCC2. The van der Waals surface area contributed by atoms with Gasteiger partial charge >= 0.3 is 0 Å². The van der Waals surface area contributed by atoms with Crippen LogP contribution in [0.15, 0.2) is 0 Å². The van der Waals surface area contributed by atoms with Gasteiger partial charge in [-0.25, -0.2) is 4.39 Å². The summed E-state index contributed by atoms with van der Waals surface area (Å²) in [6.07, 6.45) is 2.68. The van der Waals surface area contributed by atoms with Gasteiger partial charge in [0.15, 0.2) is 0 Å². The zero-order chi connectivity index (χ0) is 11.7. The molecule has 1 fully saturated rings. The molecule has 0 amide bonds. The van der Waals surface area contributed by atoms with Crippen molar-refractivity contribution < 1.29 is 9.13 Å². The summed E-state index contributed by atoms with van der Waals surface area (Å²) in [6, 6.07) is -0.210. The lowest BCUT2D eigenvalue weighted by Gasteiger charge is -2.26. The van der Waals surface area contributed by atoms with Gasteiger partial charge in [0.25, 0.3) is 0 Å². The van der Waals surface area contributed by atoms with Crippen molar-refractivity contribution in [3.05, 3.63) is 11.6 Å². The van der Waals surface area contributed by atoms with Crippen LogP contribution in [0.1, 0.15) is 30.9 Å². The van der Waals surface area contributed by atoms with E-state index in [1.54, 1.807) is 0 Å². The molecule has 0 aliphatic carbocycles. The number of halogens is 1. The minimum atomic E-state index is -1.19. The van der Waals surface area contributed by atoms with Crippen LogP contribution in [0.5, 0.6) is 0 Å². The molecule has 5 nitrogen and oxygen atoms in total. The van der Waals surface area contributed by atoms with Gasteiger partial charge < -0.3 is 14.6 Å². The fourth-order valence-corrected chi connectivity index (χ4v) is 2.50. The van der Waals surface area contributed by atoms with Crippen molar-refractivity contribution in [3.8, 4) is 0 Å². The Balaban J connectivity index is 1.60. The number of aryl methyl sites for hydroxylation is 1. The lowest BCUT2D eigenvalue weighted by atomic mass is 10.1. The third-order valence-electron chi connectivity index (χ3n) is 3.46. The van der Waals surface area contributed by atoms with E-state index in [4.69, 9.17) is 4.74 Å². The van der Waals surface area contributed by atoms with Crippen LogP contribution >= 0.6 is 0 Å². The van der Waals surface area contributed by atoms with Crippen molar-refractivity contribution in [2.75, 3.05) is 6.61 Å². The number of fused-ring (bicyclic) bond motifs is 1. The molecule has 2 atom stereocenters. The van der Waals surface area contributed by atoms with Crippen molar-refractivity contribution in [1.82, 2.24) is 20.1 Å². The van der Waals surface area contributed by atoms with E-state index in [9.17, 15) is 4.39 Å². The second-order valence-corrected chi connectivity index (χ2v) is 4.64. The Hall–Kier alpha value is -1.01. The van der Waals surface area contributed by atoms with Crippen LogP contribution in [0.25, 0.3) is 0 Å². The van der Waals surface area contributed by atoms with Gasteiger partial charge in [-0.1, -0.05) is 0 Å². The van der Waals surface area contributed by atoms with E-state index in [1.165, 1.54) is 0 Å². The molecule has 0 spiro atoms. The molecule has 0 aromatic carbocycles. The molecule has 1 aromatic rings. The molecule has 2 aliphatic rings. The summed E-state index contributed by atoms with van der Waals surface area (Å²) in [5.74, 6) is 1.97. The van der Waals surface area contributed by atoms with Crippen molar-refractivity contribution in [3.63, 3.8) is 0 Å². The van der Waals surface area contributed by atoms with E-state index in [1.807, 2.05) is 0 Å². The molecule has 2 aliphatic heterocycles. The smallest absolute Gasteiger partial charge is 0.214 e. The topological polar surface area (TPSA) is 52.0 Å². The Kier molecular flexibility index (Phi) is 3.07. The van der Waals surface area contributed by atoms with Gasteiger partial charge in [0.05, 0.1) is 19.2 Å². The van der Waals surface area contributed by atoms with E-state index in [-0.39, 0.29) is 6.04 Å². The molecule has 0 radical (unpaired) electrons. The van der Waals surface area contributed by atoms with Crippen LogP contribution in [-0.2, 0) is 24.2 Å². The number of hydrogen-bond donors (Lipinski definition) is 1. The lowest BCUT2D eigenvalue weighted by Crippen LogP contribution is -2.42. The van der Waals surface area contributed by atoms with Gasteiger partial charge in [0.2, 0.25) is 6.36 Å². The van der Waals surface area contributed by atoms with Crippen molar-refractivity contribution in [1.29, 1.82) is 0 Å². The number of ether oxygens (including phenoxy) is 1. The molecule has 1 aromatic heterocycles. The van der Waals surface area contributed by atoms with Crippen LogP contribution < -0.4 is 5.32 Å². The fourth-order valence-electron chi connectivity index (χ4n) is 2.50. The molecule has 3 rings (SSSR count). The summed E-state index contributed by atoms with van der Waals surface area (Å²) < 4.78 is 20.5. The molecule has 2 unspecified atom stereocenters. The standard InChI is InChI=1S/C11H17FN4O/c12-11-8(3-2-6-17-11)13-7-10-15-14-9-4-1-5-16(9)10/h8,11,13H,1-7H2. The van der Waals surface area contributed by atoms with Crippen LogP contribution in [-0.4, -0.2) is 33.8 Å². The highest BCUT2D eigenvalue weighted by Crippen LogP contribution is 2.17. The Morgan fingerprint density at radius 3 is 3.24 bits per heavy atom. The maximum Gasteiger partial charge on any atom is 0.214 e. The summed E-state index contributed by atoms with van der Waals surface area (Å²) in [7, 11) is 0. The van der Waals surface area contributed by atoms with Crippen LogP contribution in [0.2, 0.25) is 0 Å². The van der Waals surface area contributed by atoms with Gasteiger partial charge in [0.1, 0.15) is 11.6 Å². The van der Waals surface area contributed by atoms with Gasteiger partial charge in [-0.3, -0.25) is 0 Å². The molecule has 3 heterocycles. The predicted octanol–water partition coefficient (Wildman–Crippen LogP) is 0.788. The first-order chi connectivity index (χ1) is 8.34. The molecule has 6 heteroatoms. The van der Waals surface area contributed by atoms with Gasteiger partial charge in [0, 0.05) is 13.0 Å². The zero-order valence-corrected chi connectivity index (χ0v) is 9.73. The van der Waals surface area contributed by atoms with Crippen molar-refractivity contribution in [2.24, 2.45) is 0 Å². The molecule has 17 heavy (non-hydrogen) atoms. The molecule has 1 saturated heterocycles. The highest BCUT2D eigenvalue weighted by molar-refractivity contribution is 5.00. The number of hydrogen-bond acceptors (Lipinski definition) is 4. The largest absolute Gasteiger partial charge is 0.347 e. The first-order valence-corrected chi connectivity index (χ1v) is 6.24. The Labute approximate surface area is 99.4 Å². The van der Waals surface area contributed by atoms with E-state index >= 15 is 0 Å². The van der Waals surface area contributed by atoms with E-state index in [0.717, 1.165) is 43.9 Å². The highest BCUT2D eigenvalue weighted by Gasteiger charge is 2.26. The average Bonchev–Trinajstić information content (AvgIpc) is 2.91. The van der Waals surface area contributed by atoms with Crippen LogP contribution in [0.4, 0.5) is 4.39 Å². The quantitative estimate of drug-likeness (QED) is 0.848. The second-order valence-electron chi connectivity index (χ2n) is 4.64. The molecule has 94 valence electrons. The highest BCUT2D eigenvalue weighted by atomic mass is 19.1. The van der Waals surface area contributed by atoms with E-state index in [0.29, 0.717) is 13.2 Å². The minimum absolute atomic E-state index is 0.210. The number of aromatic nitrogens is 3. The molecular formula is C11H17FN4O. The first kappa shape index (κ1) is 11.1. The Morgan fingerprint density at radius 1 is 1.41 bits per heavy atom. The third-order valence-corrected chi connectivity index (χ3v) is 3.46. The Morgan fingerprint density at radius 2 is 2.35 bits per heavy atom. The molecular weight excluding hydrogens is 223 g/mol. The van der Waals surface area contributed by atoms with Crippen molar-refractivity contribution >= 4 is 0 Å². The van der Waals surface area contributed by atoms with E-state index < -0.39 is 6.36 Å². The van der Waals surface area contributed by atoms with Gasteiger partial charge in [-0.2, -0.15) is 0 Å². The zero-order valence-electron chi connectivity index (χ0n) is 9.73. The van der Waals surface area contributed by atoms with Gasteiger partial charge in [-0.05, 0) is 19.3 Å². The maximum atomic E-state index is 13.4. The number of nitrogens with one attached hydrogen (secondary N) is 1. The summed E-state index contributed by atoms with van der Waals surface area (Å²) in [4.78, 5) is 0. The molecule has 1 N–H and O–H groups in total. The van der Waals surface area contributed by atoms with Crippen LogP contribution in [0.3, 0.4) is 0 Å². The van der Waals surface area contributed by atoms with Gasteiger partial charge in [-0.15, -0.1) is 10.2 Å². The summed E-state index contributed by atoms with van der Waals surface area (Å²) in [5.41, 5.74) is 0. The monoisotopic (exact) mass is 240 g/mol.